The Bertz CT molecular complexity index is 1140. The fourth-order valence-electron chi connectivity index (χ4n) is 3.94. The third-order valence-corrected chi connectivity index (χ3v) is 5.69. The molecular weight excluding hydrogens is 406 g/mol. The second-order valence-electron chi connectivity index (χ2n) is 7.86. The van der Waals surface area contributed by atoms with Crippen LogP contribution in [0.5, 0.6) is 5.75 Å². The standard InChI is InChI=1S/C25H27N3O4/c1-4-31-25(30)32-20-10-8-19(9-11-20)24(29)28-14-12-27(13-15-28)22-16-18(3)21-7-5-6-17(2)23(21)26-22/h5-11,16H,4,12-15H2,1-3H3. The number of amides is 1. The minimum Gasteiger partial charge on any atom is -0.434 e. The summed E-state index contributed by atoms with van der Waals surface area (Å²) < 4.78 is 9.80. The largest absolute Gasteiger partial charge is 0.513 e. The zero-order valence-corrected chi connectivity index (χ0v) is 18.6. The second kappa shape index (κ2) is 9.26. The van der Waals surface area contributed by atoms with Crippen molar-refractivity contribution >= 4 is 28.8 Å². The molecule has 1 aliphatic heterocycles. The molecule has 7 nitrogen and oxygen atoms in total. The predicted octanol–water partition coefficient (Wildman–Crippen LogP) is 4.35. The van der Waals surface area contributed by atoms with E-state index in [1.807, 2.05) is 4.90 Å². The van der Waals surface area contributed by atoms with Gasteiger partial charge in [-0.3, -0.25) is 4.79 Å². The highest BCUT2D eigenvalue weighted by atomic mass is 16.7. The number of benzene rings is 2. The van der Waals surface area contributed by atoms with E-state index in [9.17, 15) is 9.59 Å². The average Bonchev–Trinajstić information content (AvgIpc) is 2.80. The maximum absolute atomic E-state index is 12.9. The monoisotopic (exact) mass is 433 g/mol. The number of fused-ring (bicyclic) bond motifs is 1. The summed E-state index contributed by atoms with van der Waals surface area (Å²) in [6, 6.07) is 14.9. The molecule has 0 bridgehead atoms. The average molecular weight is 434 g/mol. The maximum Gasteiger partial charge on any atom is 0.513 e. The number of para-hydroxylation sites is 1. The van der Waals surface area contributed by atoms with Gasteiger partial charge in [-0.25, -0.2) is 9.78 Å². The second-order valence-corrected chi connectivity index (χ2v) is 7.86. The van der Waals surface area contributed by atoms with E-state index in [2.05, 4.69) is 43.0 Å². The van der Waals surface area contributed by atoms with Crippen molar-refractivity contribution < 1.29 is 19.1 Å². The van der Waals surface area contributed by atoms with Gasteiger partial charge in [-0.1, -0.05) is 18.2 Å². The number of rotatable bonds is 4. The van der Waals surface area contributed by atoms with E-state index in [1.54, 1.807) is 31.2 Å². The van der Waals surface area contributed by atoms with E-state index >= 15 is 0 Å². The van der Waals surface area contributed by atoms with Crippen LogP contribution in [0.4, 0.5) is 10.6 Å². The van der Waals surface area contributed by atoms with Crippen LogP contribution in [0.15, 0.2) is 48.5 Å². The van der Waals surface area contributed by atoms with Crippen molar-refractivity contribution in [1.29, 1.82) is 0 Å². The number of ether oxygens (including phenoxy) is 2. The van der Waals surface area contributed by atoms with Crippen LogP contribution in [0.25, 0.3) is 10.9 Å². The molecule has 1 amide bonds. The molecule has 1 aromatic heterocycles. The lowest BCUT2D eigenvalue weighted by molar-refractivity contribution is 0.0746. The fraction of sp³-hybridized carbons (Fsp3) is 0.320. The van der Waals surface area contributed by atoms with Crippen LogP contribution >= 0.6 is 0 Å². The summed E-state index contributed by atoms with van der Waals surface area (Å²) >= 11 is 0. The Labute approximate surface area is 187 Å². The lowest BCUT2D eigenvalue weighted by atomic mass is 10.1. The lowest BCUT2D eigenvalue weighted by Crippen LogP contribution is -2.49. The van der Waals surface area contributed by atoms with Gasteiger partial charge in [0.1, 0.15) is 11.6 Å². The third-order valence-electron chi connectivity index (χ3n) is 5.69. The van der Waals surface area contributed by atoms with E-state index in [4.69, 9.17) is 14.5 Å². The number of aromatic nitrogens is 1. The van der Waals surface area contributed by atoms with Gasteiger partial charge in [0.25, 0.3) is 5.91 Å². The Morgan fingerprint density at radius 3 is 2.38 bits per heavy atom. The van der Waals surface area contributed by atoms with Crippen molar-refractivity contribution in [3.05, 3.63) is 65.2 Å². The SMILES string of the molecule is CCOC(=O)Oc1ccc(C(=O)N2CCN(c3cc(C)c4cccc(C)c4n3)CC2)cc1. The van der Waals surface area contributed by atoms with E-state index in [-0.39, 0.29) is 12.5 Å². The molecule has 166 valence electrons. The van der Waals surface area contributed by atoms with Crippen LogP contribution in [0.2, 0.25) is 0 Å². The van der Waals surface area contributed by atoms with Crippen LogP contribution in [0, 0.1) is 13.8 Å². The first-order chi connectivity index (χ1) is 15.5. The molecule has 0 N–H and O–H groups in total. The Morgan fingerprint density at radius 2 is 1.69 bits per heavy atom. The number of piperazine rings is 1. The minimum absolute atomic E-state index is 0.0363. The van der Waals surface area contributed by atoms with Gasteiger partial charge in [0.05, 0.1) is 12.1 Å². The molecule has 4 rings (SSSR count). The van der Waals surface area contributed by atoms with Gasteiger partial charge in [0, 0.05) is 37.1 Å². The van der Waals surface area contributed by atoms with Crippen molar-refractivity contribution in [2.75, 3.05) is 37.7 Å². The number of anilines is 1. The molecule has 1 aliphatic rings. The molecule has 7 heteroatoms. The van der Waals surface area contributed by atoms with Gasteiger partial charge in [-0.2, -0.15) is 0 Å². The smallest absolute Gasteiger partial charge is 0.434 e. The quantitative estimate of drug-likeness (QED) is 0.450. The molecule has 0 radical (unpaired) electrons. The number of hydrogen-bond acceptors (Lipinski definition) is 6. The Morgan fingerprint density at radius 1 is 0.969 bits per heavy atom. The molecule has 0 atom stereocenters. The van der Waals surface area contributed by atoms with Gasteiger partial charge in [0.15, 0.2) is 0 Å². The van der Waals surface area contributed by atoms with Crippen molar-refractivity contribution in [3.8, 4) is 5.75 Å². The Hall–Kier alpha value is -3.61. The molecule has 0 saturated carbocycles. The van der Waals surface area contributed by atoms with E-state index in [0.29, 0.717) is 24.4 Å². The van der Waals surface area contributed by atoms with Gasteiger partial charge in [-0.05, 0) is 62.2 Å². The minimum atomic E-state index is -0.754. The number of pyridine rings is 1. The summed E-state index contributed by atoms with van der Waals surface area (Å²) in [4.78, 5) is 33.3. The van der Waals surface area contributed by atoms with Crippen LogP contribution in [0.1, 0.15) is 28.4 Å². The maximum atomic E-state index is 12.9. The molecular formula is C25H27N3O4. The van der Waals surface area contributed by atoms with Gasteiger partial charge in [-0.15, -0.1) is 0 Å². The fourth-order valence-corrected chi connectivity index (χ4v) is 3.94. The van der Waals surface area contributed by atoms with Crippen molar-refractivity contribution in [1.82, 2.24) is 9.88 Å². The first-order valence-corrected chi connectivity index (χ1v) is 10.8. The molecule has 0 unspecified atom stereocenters. The molecule has 2 heterocycles. The topological polar surface area (TPSA) is 72.0 Å². The van der Waals surface area contributed by atoms with Crippen LogP contribution in [0.3, 0.4) is 0 Å². The van der Waals surface area contributed by atoms with Crippen LogP contribution < -0.4 is 9.64 Å². The van der Waals surface area contributed by atoms with Crippen molar-refractivity contribution in [2.45, 2.75) is 20.8 Å². The van der Waals surface area contributed by atoms with Gasteiger partial charge in [0.2, 0.25) is 0 Å². The zero-order chi connectivity index (χ0) is 22.7. The third kappa shape index (κ3) is 4.51. The Balaban J connectivity index is 1.40. The van der Waals surface area contributed by atoms with Crippen molar-refractivity contribution in [2.24, 2.45) is 0 Å². The highest BCUT2D eigenvalue weighted by Crippen LogP contribution is 2.25. The van der Waals surface area contributed by atoms with Gasteiger partial charge >= 0.3 is 6.16 Å². The molecule has 1 saturated heterocycles. The predicted molar refractivity (Wildman–Crippen MR) is 123 cm³/mol. The molecule has 3 aromatic rings. The number of hydrogen-bond donors (Lipinski definition) is 0. The van der Waals surface area contributed by atoms with Crippen LogP contribution in [-0.2, 0) is 4.74 Å². The lowest BCUT2D eigenvalue weighted by Gasteiger charge is -2.35. The van der Waals surface area contributed by atoms with E-state index < -0.39 is 6.16 Å². The highest BCUT2D eigenvalue weighted by molar-refractivity contribution is 5.94. The molecule has 1 fully saturated rings. The highest BCUT2D eigenvalue weighted by Gasteiger charge is 2.23. The summed E-state index contributed by atoms with van der Waals surface area (Å²) in [5.74, 6) is 1.26. The first-order valence-electron chi connectivity index (χ1n) is 10.8. The normalized spacial score (nSPS) is 13.8. The van der Waals surface area contributed by atoms with Crippen LogP contribution in [-0.4, -0.2) is 54.7 Å². The van der Waals surface area contributed by atoms with Gasteiger partial charge < -0.3 is 19.3 Å². The zero-order valence-electron chi connectivity index (χ0n) is 18.6. The Kier molecular flexibility index (Phi) is 6.25. The molecule has 0 aliphatic carbocycles. The summed E-state index contributed by atoms with van der Waals surface area (Å²) in [5.41, 5.74) is 3.96. The summed E-state index contributed by atoms with van der Waals surface area (Å²) in [6.45, 7) is 8.83. The molecule has 0 spiro atoms. The summed E-state index contributed by atoms with van der Waals surface area (Å²) in [7, 11) is 0. The molecule has 32 heavy (non-hydrogen) atoms. The summed E-state index contributed by atoms with van der Waals surface area (Å²) in [5, 5.41) is 1.18. The van der Waals surface area contributed by atoms with Crippen molar-refractivity contribution in [3.63, 3.8) is 0 Å². The number of aryl methyl sites for hydroxylation is 2. The number of carbonyl (C=O) groups excluding carboxylic acids is 2. The van der Waals surface area contributed by atoms with E-state index in [0.717, 1.165) is 30.0 Å². The summed E-state index contributed by atoms with van der Waals surface area (Å²) in [6.07, 6.45) is -0.754. The number of carbonyl (C=O) groups is 2. The number of nitrogens with zero attached hydrogens (tertiary/aromatic N) is 3. The first kappa shape index (κ1) is 21.6. The van der Waals surface area contributed by atoms with E-state index in [1.165, 1.54) is 10.9 Å². The molecule has 2 aromatic carbocycles.